The molecule has 19 heavy (non-hydrogen) atoms. The summed E-state index contributed by atoms with van der Waals surface area (Å²) in [5.41, 5.74) is 2.06. The van der Waals surface area contributed by atoms with Gasteiger partial charge >= 0.3 is 0 Å². The molecule has 1 saturated heterocycles. The van der Waals surface area contributed by atoms with Crippen LogP contribution in [-0.2, 0) is 4.79 Å². The number of hydrogen-bond donors (Lipinski definition) is 2. The van der Waals surface area contributed by atoms with Crippen LogP contribution in [-0.4, -0.2) is 42.5 Å². The molecule has 0 saturated carbocycles. The molecule has 0 spiro atoms. The van der Waals surface area contributed by atoms with E-state index in [0.29, 0.717) is 18.6 Å². The minimum Gasteiger partial charge on any atom is -0.325 e. The van der Waals surface area contributed by atoms with Gasteiger partial charge in [-0.25, -0.2) is 0 Å². The number of benzene rings is 1. The van der Waals surface area contributed by atoms with Gasteiger partial charge in [0.05, 0.1) is 6.54 Å². The second-order valence-electron chi connectivity index (χ2n) is 5.58. The van der Waals surface area contributed by atoms with Crippen LogP contribution >= 0.6 is 0 Å². The fraction of sp³-hybridized carbons (Fsp3) is 0.533. The van der Waals surface area contributed by atoms with Crippen molar-refractivity contribution in [2.45, 2.75) is 32.9 Å². The minimum absolute atomic E-state index is 0.0603. The number of carbonyl (C=O) groups is 1. The minimum atomic E-state index is 0.0603. The Labute approximate surface area is 115 Å². The van der Waals surface area contributed by atoms with Gasteiger partial charge in [0.1, 0.15) is 0 Å². The van der Waals surface area contributed by atoms with Crippen molar-refractivity contribution in [3.05, 3.63) is 29.8 Å². The smallest absolute Gasteiger partial charge is 0.238 e. The number of carbonyl (C=O) groups excluding carboxylic acids is 1. The quantitative estimate of drug-likeness (QED) is 0.869. The molecule has 2 unspecified atom stereocenters. The summed E-state index contributed by atoms with van der Waals surface area (Å²) in [6.07, 6.45) is 0. The maximum atomic E-state index is 12.0. The van der Waals surface area contributed by atoms with Gasteiger partial charge < -0.3 is 10.6 Å². The van der Waals surface area contributed by atoms with E-state index >= 15 is 0 Å². The number of anilines is 1. The average Bonchev–Trinajstić information content (AvgIpc) is 2.30. The fourth-order valence-electron chi connectivity index (χ4n) is 2.61. The summed E-state index contributed by atoms with van der Waals surface area (Å²) >= 11 is 0. The Hall–Kier alpha value is -1.39. The van der Waals surface area contributed by atoms with Gasteiger partial charge in [-0.15, -0.1) is 0 Å². The molecule has 1 aliphatic rings. The normalized spacial score (nSPS) is 24.2. The number of nitrogens with one attached hydrogen (secondary N) is 2. The van der Waals surface area contributed by atoms with E-state index in [4.69, 9.17) is 0 Å². The van der Waals surface area contributed by atoms with Crippen LogP contribution in [0.4, 0.5) is 5.69 Å². The number of rotatable bonds is 3. The molecule has 0 aromatic heterocycles. The van der Waals surface area contributed by atoms with Crippen molar-refractivity contribution in [2.75, 3.05) is 25.0 Å². The van der Waals surface area contributed by atoms with E-state index in [-0.39, 0.29) is 5.91 Å². The Morgan fingerprint density at radius 3 is 2.42 bits per heavy atom. The van der Waals surface area contributed by atoms with Gasteiger partial charge in [0.15, 0.2) is 0 Å². The summed E-state index contributed by atoms with van der Waals surface area (Å²) in [4.78, 5) is 14.2. The highest BCUT2D eigenvalue weighted by atomic mass is 16.2. The summed E-state index contributed by atoms with van der Waals surface area (Å²) in [7, 11) is 0. The van der Waals surface area contributed by atoms with Gasteiger partial charge in [-0.1, -0.05) is 17.7 Å². The highest BCUT2D eigenvalue weighted by Crippen LogP contribution is 2.09. The van der Waals surface area contributed by atoms with E-state index in [0.717, 1.165) is 18.8 Å². The highest BCUT2D eigenvalue weighted by Gasteiger charge is 2.22. The predicted octanol–water partition coefficient (Wildman–Crippen LogP) is 1.62. The zero-order valence-corrected chi connectivity index (χ0v) is 11.9. The average molecular weight is 261 g/mol. The Balaban J connectivity index is 1.85. The first-order valence-electron chi connectivity index (χ1n) is 6.88. The topological polar surface area (TPSA) is 44.4 Å². The second kappa shape index (κ2) is 6.17. The highest BCUT2D eigenvalue weighted by molar-refractivity contribution is 5.92. The largest absolute Gasteiger partial charge is 0.325 e. The Morgan fingerprint density at radius 2 is 1.84 bits per heavy atom. The van der Waals surface area contributed by atoms with Crippen LogP contribution in [0.5, 0.6) is 0 Å². The molecule has 1 aromatic rings. The van der Waals surface area contributed by atoms with E-state index in [1.165, 1.54) is 5.56 Å². The molecule has 1 fully saturated rings. The lowest BCUT2D eigenvalue weighted by atomic mass is 10.1. The monoisotopic (exact) mass is 261 g/mol. The van der Waals surface area contributed by atoms with Crippen molar-refractivity contribution < 1.29 is 4.79 Å². The Morgan fingerprint density at radius 1 is 1.26 bits per heavy atom. The van der Waals surface area contributed by atoms with Gasteiger partial charge in [0, 0.05) is 30.9 Å². The fourth-order valence-corrected chi connectivity index (χ4v) is 2.61. The first-order valence-corrected chi connectivity index (χ1v) is 6.88. The van der Waals surface area contributed by atoms with E-state index in [1.54, 1.807) is 0 Å². The maximum absolute atomic E-state index is 12.0. The Kier molecular flexibility index (Phi) is 4.56. The van der Waals surface area contributed by atoms with Gasteiger partial charge in [-0.05, 0) is 32.9 Å². The zero-order valence-electron chi connectivity index (χ0n) is 11.9. The van der Waals surface area contributed by atoms with E-state index in [1.807, 2.05) is 31.2 Å². The Bertz CT molecular complexity index is 420. The molecule has 4 heteroatoms. The molecule has 4 nitrogen and oxygen atoms in total. The third-order valence-electron chi connectivity index (χ3n) is 3.34. The van der Waals surface area contributed by atoms with Crippen molar-refractivity contribution in [3.63, 3.8) is 0 Å². The third kappa shape index (κ3) is 4.33. The third-order valence-corrected chi connectivity index (χ3v) is 3.34. The number of hydrogen-bond acceptors (Lipinski definition) is 3. The van der Waals surface area contributed by atoms with Crippen LogP contribution in [0, 0.1) is 6.92 Å². The number of aryl methyl sites for hydroxylation is 1. The molecular formula is C15H23N3O. The lowest BCUT2D eigenvalue weighted by Gasteiger charge is -2.35. The van der Waals surface area contributed by atoms with Crippen LogP contribution in [0.15, 0.2) is 24.3 Å². The van der Waals surface area contributed by atoms with Crippen molar-refractivity contribution in [3.8, 4) is 0 Å². The molecule has 1 aliphatic heterocycles. The van der Waals surface area contributed by atoms with Gasteiger partial charge in [0.2, 0.25) is 5.91 Å². The molecule has 0 aliphatic carbocycles. The molecule has 1 heterocycles. The summed E-state index contributed by atoms with van der Waals surface area (Å²) < 4.78 is 0. The zero-order chi connectivity index (χ0) is 13.8. The molecule has 2 atom stereocenters. The van der Waals surface area contributed by atoms with Crippen molar-refractivity contribution in [1.82, 2.24) is 10.2 Å². The molecule has 104 valence electrons. The van der Waals surface area contributed by atoms with Gasteiger partial charge in [0.25, 0.3) is 0 Å². The molecular weight excluding hydrogens is 238 g/mol. The molecule has 2 rings (SSSR count). The first kappa shape index (κ1) is 14.0. The maximum Gasteiger partial charge on any atom is 0.238 e. The molecule has 1 amide bonds. The molecule has 0 bridgehead atoms. The number of nitrogens with zero attached hydrogens (tertiary/aromatic N) is 1. The lowest BCUT2D eigenvalue weighted by molar-refractivity contribution is -0.117. The van der Waals surface area contributed by atoms with Crippen LogP contribution in [0.3, 0.4) is 0 Å². The first-order chi connectivity index (χ1) is 9.02. The lowest BCUT2D eigenvalue weighted by Crippen LogP contribution is -2.55. The number of amides is 1. The van der Waals surface area contributed by atoms with Crippen LogP contribution in [0.25, 0.3) is 0 Å². The number of piperazine rings is 1. The summed E-state index contributed by atoms with van der Waals surface area (Å²) in [5, 5.41) is 6.41. The van der Waals surface area contributed by atoms with Crippen LogP contribution in [0.1, 0.15) is 19.4 Å². The van der Waals surface area contributed by atoms with E-state index in [2.05, 4.69) is 29.4 Å². The van der Waals surface area contributed by atoms with E-state index in [9.17, 15) is 4.79 Å². The summed E-state index contributed by atoms with van der Waals surface area (Å²) in [5.74, 6) is 0.0603. The van der Waals surface area contributed by atoms with Crippen LogP contribution < -0.4 is 10.6 Å². The van der Waals surface area contributed by atoms with E-state index < -0.39 is 0 Å². The molecule has 0 radical (unpaired) electrons. The summed E-state index contributed by atoms with van der Waals surface area (Å²) in [6, 6.07) is 8.77. The van der Waals surface area contributed by atoms with Gasteiger partial charge in [-0.3, -0.25) is 9.69 Å². The van der Waals surface area contributed by atoms with Gasteiger partial charge in [-0.2, -0.15) is 0 Å². The molecule has 1 aromatic carbocycles. The second-order valence-corrected chi connectivity index (χ2v) is 5.58. The summed E-state index contributed by atoms with van der Waals surface area (Å²) in [6.45, 7) is 8.65. The standard InChI is InChI=1S/C15H23N3O/c1-11-4-6-14(7-5-11)17-15(19)10-18-8-12(2)16-13(3)9-18/h4-7,12-13,16H,8-10H2,1-3H3,(H,17,19). The predicted molar refractivity (Wildman–Crippen MR) is 78.3 cm³/mol. The van der Waals surface area contributed by atoms with Crippen molar-refractivity contribution in [2.24, 2.45) is 0 Å². The SMILES string of the molecule is Cc1ccc(NC(=O)CN2CC(C)NC(C)C2)cc1. The van der Waals surface area contributed by atoms with Crippen LogP contribution in [0.2, 0.25) is 0 Å². The molecule has 2 N–H and O–H groups in total. The van der Waals surface area contributed by atoms with Crippen molar-refractivity contribution in [1.29, 1.82) is 0 Å². The van der Waals surface area contributed by atoms with Crippen molar-refractivity contribution >= 4 is 11.6 Å².